The van der Waals surface area contributed by atoms with Gasteiger partial charge in [-0.05, 0) is 56.8 Å². The summed E-state index contributed by atoms with van der Waals surface area (Å²) in [6.07, 6.45) is 4.25. The van der Waals surface area contributed by atoms with Crippen LogP contribution in [-0.2, 0) is 4.79 Å². The van der Waals surface area contributed by atoms with E-state index in [2.05, 4.69) is 24.1 Å². The molecule has 3 nitrogen and oxygen atoms in total. The predicted molar refractivity (Wildman–Crippen MR) is 77.2 cm³/mol. The fourth-order valence-corrected chi connectivity index (χ4v) is 5.37. The molecule has 4 fully saturated rings. The summed E-state index contributed by atoms with van der Waals surface area (Å²) in [6, 6.07) is 0.904. The number of hydrogen-bond donors (Lipinski definition) is 1. The number of nitrogens with zero attached hydrogens (tertiary/aromatic N) is 1. The van der Waals surface area contributed by atoms with E-state index in [4.69, 9.17) is 0 Å². The van der Waals surface area contributed by atoms with Crippen LogP contribution in [0.3, 0.4) is 0 Å². The zero-order valence-corrected chi connectivity index (χ0v) is 12.7. The summed E-state index contributed by atoms with van der Waals surface area (Å²) >= 11 is 0. The highest BCUT2D eigenvalue weighted by Crippen LogP contribution is 2.69. The van der Waals surface area contributed by atoms with E-state index in [0.717, 1.165) is 36.8 Å². The smallest absolute Gasteiger partial charge is 0.226 e. The normalized spacial score (nSPS) is 50.6. The lowest BCUT2D eigenvalue weighted by Crippen LogP contribution is -2.56. The first-order valence-electron chi connectivity index (χ1n) is 7.70. The Hall–Kier alpha value is -0.280. The van der Waals surface area contributed by atoms with Gasteiger partial charge in [0, 0.05) is 31.1 Å². The van der Waals surface area contributed by atoms with Crippen molar-refractivity contribution < 1.29 is 4.79 Å². The molecule has 1 N–H and O–H groups in total. The van der Waals surface area contributed by atoms with Crippen LogP contribution < -0.4 is 5.32 Å². The summed E-state index contributed by atoms with van der Waals surface area (Å²) in [5, 5.41) is 3.51. The molecule has 4 rings (SSSR count). The fraction of sp³-hybridized carbons (Fsp3) is 0.933. The van der Waals surface area contributed by atoms with E-state index in [9.17, 15) is 4.79 Å². The Morgan fingerprint density at radius 1 is 1.05 bits per heavy atom. The Morgan fingerprint density at radius 3 is 2.11 bits per heavy atom. The van der Waals surface area contributed by atoms with Gasteiger partial charge >= 0.3 is 0 Å². The predicted octanol–water partition coefficient (Wildman–Crippen LogP) is 1.91. The molecule has 0 aromatic carbocycles. The first kappa shape index (κ1) is 13.7. The van der Waals surface area contributed by atoms with Gasteiger partial charge in [-0.15, -0.1) is 12.4 Å². The van der Waals surface area contributed by atoms with E-state index in [1.165, 1.54) is 19.3 Å². The van der Waals surface area contributed by atoms with E-state index in [1.807, 2.05) is 0 Å². The molecule has 0 radical (unpaired) electrons. The number of amides is 1. The van der Waals surface area contributed by atoms with Crippen LogP contribution in [0.2, 0.25) is 0 Å². The molecule has 6 unspecified atom stereocenters. The number of piperazine rings is 1. The van der Waals surface area contributed by atoms with Crippen LogP contribution in [0.4, 0.5) is 0 Å². The molecule has 0 aromatic heterocycles. The molecule has 2 bridgehead atoms. The topological polar surface area (TPSA) is 32.3 Å². The average Bonchev–Trinajstić information content (AvgIpc) is 2.74. The molecule has 1 heterocycles. The van der Waals surface area contributed by atoms with Crippen LogP contribution in [0.15, 0.2) is 0 Å². The minimum absolute atomic E-state index is 0. The zero-order valence-electron chi connectivity index (χ0n) is 11.8. The Kier molecular flexibility index (Phi) is 3.33. The number of fused-ring (bicyclic) bond motifs is 5. The Morgan fingerprint density at radius 2 is 1.58 bits per heavy atom. The van der Waals surface area contributed by atoms with E-state index >= 15 is 0 Å². The summed E-state index contributed by atoms with van der Waals surface area (Å²) in [5.41, 5.74) is 0. The highest BCUT2D eigenvalue weighted by Gasteiger charge is 2.68. The Balaban J connectivity index is 0.00000110. The van der Waals surface area contributed by atoms with Gasteiger partial charge < -0.3 is 10.2 Å². The maximum atomic E-state index is 12.7. The molecule has 3 saturated carbocycles. The number of rotatable bonds is 1. The number of hydrogen-bond acceptors (Lipinski definition) is 2. The van der Waals surface area contributed by atoms with E-state index < -0.39 is 0 Å². The van der Waals surface area contributed by atoms with Gasteiger partial charge in [0.1, 0.15) is 0 Å². The van der Waals surface area contributed by atoms with Gasteiger partial charge in [-0.2, -0.15) is 0 Å². The number of carbonyl (C=O) groups is 1. The molecule has 1 saturated heterocycles. The molecule has 3 aliphatic carbocycles. The van der Waals surface area contributed by atoms with Crippen molar-refractivity contribution in [1.82, 2.24) is 10.2 Å². The molecule has 4 heteroatoms. The minimum Gasteiger partial charge on any atom is -0.339 e. The fourth-order valence-electron chi connectivity index (χ4n) is 5.37. The number of halogens is 1. The maximum Gasteiger partial charge on any atom is 0.226 e. The van der Waals surface area contributed by atoms with Crippen molar-refractivity contribution in [2.24, 2.45) is 29.6 Å². The number of nitrogens with one attached hydrogen (secondary N) is 1. The highest BCUT2D eigenvalue weighted by atomic mass is 35.5. The van der Waals surface area contributed by atoms with Crippen LogP contribution in [-0.4, -0.2) is 36.0 Å². The summed E-state index contributed by atoms with van der Waals surface area (Å²) in [6.45, 7) is 6.20. The van der Waals surface area contributed by atoms with Gasteiger partial charge in [0.15, 0.2) is 0 Å². The van der Waals surface area contributed by atoms with E-state index in [1.54, 1.807) is 0 Å². The van der Waals surface area contributed by atoms with Gasteiger partial charge in [0.2, 0.25) is 5.91 Å². The second kappa shape index (κ2) is 4.63. The van der Waals surface area contributed by atoms with E-state index in [-0.39, 0.29) is 12.4 Å². The molecule has 0 aromatic rings. The van der Waals surface area contributed by atoms with Crippen LogP contribution in [0.5, 0.6) is 0 Å². The lowest BCUT2D eigenvalue weighted by atomic mass is 10.0. The molecule has 4 aliphatic rings. The third kappa shape index (κ3) is 2.01. The highest BCUT2D eigenvalue weighted by molar-refractivity contribution is 5.85. The Bertz CT molecular complexity index is 358. The van der Waals surface area contributed by atoms with Gasteiger partial charge in [0.25, 0.3) is 0 Å². The SMILES string of the molecule is CC1CN(C(=O)C2C3C4CCC(C4)C23)CC(C)N1.Cl. The van der Waals surface area contributed by atoms with Crippen molar-refractivity contribution in [3.63, 3.8) is 0 Å². The van der Waals surface area contributed by atoms with Crippen LogP contribution in [0, 0.1) is 29.6 Å². The van der Waals surface area contributed by atoms with Crippen LogP contribution in [0.1, 0.15) is 33.1 Å². The third-order valence-corrected chi connectivity index (χ3v) is 5.89. The quantitative estimate of drug-likeness (QED) is 0.798. The molecule has 108 valence electrons. The van der Waals surface area contributed by atoms with Crippen LogP contribution in [0.25, 0.3) is 0 Å². The molecule has 19 heavy (non-hydrogen) atoms. The lowest BCUT2D eigenvalue weighted by Gasteiger charge is -2.36. The summed E-state index contributed by atoms with van der Waals surface area (Å²) < 4.78 is 0. The number of carbonyl (C=O) groups excluding carboxylic acids is 1. The van der Waals surface area contributed by atoms with Crippen molar-refractivity contribution in [2.75, 3.05) is 13.1 Å². The van der Waals surface area contributed by atoms with E-state index in [0.29, 0.717) is 23.9 Å². The Labute approximate surface area is 121 Å². The molecular weight excluding hydrogens is 260 g/mol. The summed E-state index contributed by atoms with van der Waals surface area (Å²) in [7, 11) is 0. The van der Waals surface area contributed by atoms with Crippen molar-refractivity contribution in [3.8, 4) is 0 Å². The molecule has 6 atom stereocenters. The second-order valence-electron chi connectivity index (χ2n) is 7.23. The van der Waals surface area contributed by atoms with Gasteiger partial charge in [-0.25, -0.2) is 0 Å². The summed E-state index contributed by atoms with van der Waals surface area (Å²) in [4.78, 5) is 14.8. The summed E-state index contributed by atoms with van der Waals surface area (Å²) in [5.74, 6) is 4.31. The van der Waals surface area contributed by atoms with Crippen LogP contribution >= 0.6 is 12.4 Å². The third-order valence-electron chi connectivity index (χ3n) is 5.89. The second-order valence-corrected chi connectivity index (χ2v) is 7.23. The van der Waals surface area contributed by atoms with Gasteiger partial charge in [-0.1, -0.05) is 0 Å². The zero-order chi connectivity index (χ0) is 12.4. The first-order valence-corrected chi connectivity index (χ1v) is 7.70. The van der Waals surface area contributed by atoms with Gasteiger partial charge in [-0.3, -0.25) is 4.79 Å². The van der Waals surface area contributed by atoms with Crippen molar-refractivity contribution in [3.05, 3.63) is 0 Å². The van der Waals surface area contributed by atoms with Gasteiger partial charge in [0.05, 0.1) is 0 Å². The van der Waals surface area contributed by atoms with Crippen molar-refractivity contribution in [1.29, 1.82) is 0 Å². The molecule has 1 amide bonds. The van der Waals surface area contributed by atoms with Crippen molar-refractivity contribution in [2.45, 2.75) is 45.2 Å². The van der Waals surface area contributed by atoms with Crippen molar-refractivity contribution >= 4 is 18.3 Å². The monoisotopic (exact) mass is 284 g/mol. The largest absolute Gasteiger partial charge is 0.339 e. The molecule has 1 aliphatic heterocycles. The molecular formula is C15H25ClN2O. The maximum absolute atomic E-state index is 12.7. The lowest BCUT2D eigenvalue weighted by molar-refractivity contribution is -0.135. The molecule has 0 spiro atoms. The standard InChI is InChI=1S/C15H24N2O.ClH/c1-8-6-17(7-9(2)16-8)15(18)14-12-10-3-4-11(5-10)13(12)14;/h8-14,16H,3-7H2,1-2H3;1H. The average molecular weight is 285 g/mol. The minimum atomic E-state index is 0. The first-order chi connectivity index (χ1) is 8.65.